The molecule has 0 unspecified atom stereocenters. The Labute approximate surface area is 159 Å². The van der Waals surface area contributed by atoms with Gasteiger partial charge in [-0.15, -0.1) is 0 Å². The molecule has 6 nitrogen and oxygen atoms in total. The van der Waals surface area contributed by atoms with Crippen molar-refractivity contribution in [1.82, 2.24) is 19.8 Å². The number of para-hydroxylation sites is 2. The van der Waals surface area contributed by atoms with E-state index in [1.54, 1.807) is 11.9 Å². The Morgan fingerprint density at radius 1 is 1.19 bits per heavy atom. The van der Waals surface area contributed by atoms with Crippen molar-refractivity contribution in [2.45, 2.75) is 26.4 Å². The lowest BCUT2D eigenvalue weighted by atomic mass is 10.2. The van der Waals surface area contributed by atoms with Gasteiger partial charge in [0.2, 0.25) is 0 Å². The highest BCUT2D eigenvalue weighted by molar-refractivity contribution is 5.75. The third-order valence-electron chi connectivity index (χ3n) is 4.38. The first-order chi connectivity index (χ1) is 13.2. The lowest BCUT2D eigenvalue weighted by molar-refractivity contribution is 0.206. The molecule has 1 N–H and O–H groups in total. The molecule has 142 valence electrons. The van der Waals surface area contributed by atoms with E-state index in [2.05, 4.69) is 20.9 Å². The van der Waals surface area contributed by atoms with E-state index in [4.69, 9.17) is 4.74 Å². The predicted octanol–water partition coefficient (Wildman–Crippen LogP) is 3.67. The Hall–Kier alpha value is -3.02. The van der Waals surface area contributed by atoms with Crippen LogP contribution in [-0.4, -0.2) is 40.7 Å². The SMILES string of the molecule is CCOc1ccc(CN(C)C(=O)NCCCn2cnc3ccccc32)cc1. The van der Waals surface area contributed by atoms with Crippen molar-refractivity contribution >= 4 is 17.1 Å². The minimum atomic E-state index is -0.0700. The molecule has 1 aromatic heterocycles. The van der Waals surface area contributed by atoms with Crippen molar-refractivity contribution in [3.63, 3.8) is 0 Å². The summed E-state index contributed by atoms with van der Waals surface area (Å²) in [5.74, 6) is 0.848. The Morgan fingerprint density at radius 2 is 1.96 bits per heavy atom. The van der Waals surface area contributed by atoms with Gasteiger partial charge in [0.05, 0.1) is 24.0 Å². The van der Waals surface area contributed by atoms with Gasteiger partial charge in [-0.1, -0.05) is 24.3 Å². The van der Waals surface area contributed by atoms with Gasteiger partial charge < -0.3 is 19.5 Å². The van der Waals surface area contributed by atoms with Crippen molar-refractivity contribution in [1.29, 1.82) is 0 Å². The summed E-state index contributed by atoms with van der Waals surface area (Å²) in [5, 5.41) is 2.97. The molecule has 0 fully saturated rings. The standard InChI is InChI=1S/C21H26N4O2/c1-3-27-18-11-9-17(10-12-18)15-24(2)21(26)22-13-6-14-25-16-23-19-7-4-5-8-20(19)25/h4-5,7-12,16H,3,6,13-15H2,1-2H3,(H,22,26). The summed E-state index contributed by atoms with van der Waals surface area (Å²) < 4.78 is 7.55. The topological polar surface area (TPSA) is 59.4 Å². The zero-order valence-electron chi connectivity index (χ0n) is 15.9. The molecule has 0 aliphatic heterocycles. The monoisotopic (exact) mass is 366 g/mol. The van der Waals surface area contributed by atoms with Crippen molar-refractivity contribution < 1.29 is 9.53 Å². The highest BCUT2D eigenvalue weighted by Crippen LogP contribution is 2.14. The summed E-state index contributed by atoms with van der Waals surface area (Å²) in [7, 11) is 1.80. The number of hydrogen-bond acceptors (Lipinski definition) is 3. The molecule has 0 radical (unpaired) electrons. The number of amides is 2. The van der Waals surface area contributed by atoms with Crippen molar-refractivity contribution in [2.24, 2.45) is 0 Å². The van der Waals surface area contributed by atoms with E-state index in [9.17, 15) is 4.79 Å². The van der Waals surface area contributed by atoms with Gasteiger partial charge in [-0.05, 0) is 43.2 Å². The third kappa shape index (κ3) is 5.00. The minimum absolute atomic E-state index is 0.0700. The van der Waals surface area contributed by atoms with E-state index in [-0.39, 0.29) is 6.03 Å². The first kappa shape index (κ1) is 18.8. The van der Waals surface area contributed by atoms with Crippen LogP contribution in [-0.2, 0) is 13.1 Å². The molecule has 0 atom stereocenters. The average molecular weight is 366 g/mol. The van der Waals surface area contributed by atoms with Gasteiger partial charge in [-0.3, -0.25) is 0 Å². The number of nitrogens with zero attached hydrogens (tertiary/aromatic N) is 3. The second-order valence-electron chi connectivity index (χ2n) is 6.45. The summed E-state index contributed by atoms with van der Waals surface area (Å²) in [4.78, 5) is 18.3. The zero-order valence-corrected chi connectivity index (χ0v) is 15.9. The lowest BCUT2D eigenvalue weighted by Gasteiger charge is -2.18. The van der Waals surface area contributed by atoms with Crippen molar-refractivity contribution in [3.05, 3.63) is 60.4 Å². The molecule has 0 aliphatic rings. The zero-order chi connectivity index (χ0) is 19.1. The quantitative estimate of drug-likeness (QED) is 0.619. The van der Waals surface area contributed by atoms with Crippen LogP contribution in [0.4, 0.5) is 4.79 Å². The van der Waals surface area contributed by atoms with Crippen molar-refractivity contribution in [2.75, 3.05) is 20.2 Å². The summed E-state index contributed by atoms with van der Waals surface area (Å²) >= 11 is 0. The third-order valence-corrected chi connectivity index (χ3v) is 4.38. The molecule has 3 aromatic rings. The Bertz CT molecular complexity index is 873. The van der Waals surface area contributed by atoms with Crippen LogP contribution in [0.15, 0.2) is 54.9 Å². The van der Waals surface area contributed by atoms with Crippen LogP contribution in [0, 0.1) is 0 Å². The van der Waals surface area contributed by atoms with Gasteiger partial charge in [-0.25, -0.2) is 9.78 Å². The Morgan fingerprint density at radius 3 is 2.74 bits per heavy atom. The Balaban J connectivity index is 1.42. The van der Waals surface area contributed by atoms with Crippen LogP contribution in [0.3, 0.4) is 0 Å². The fourth-order valence-corrected chi connectivity index (χ4v) is 2.97. The number of benzene rings is 2. The van der Waals surface area contributed by atoms with E-state index in [0.29, 0.717) is 19.7 Å². The van der Waals surface area contributed by atoms with Gasteiger partial charge in [0.25, 0.3) is 0 Å². The largest absolute Gasteiger partial charge is 0.494 e. The second-order valence-corrected chi connectivity index (χ2v) is 6.45. The number of nitrogens with one attached hydrogen (secondary N) is 1. The lowest BCUT2D eigenvalue weighted by Crippen LogP contribution is -2.37. The van der Waals surface area contributed by atoms with Crippen molar-refractivity contribution in [3.8, 4) is 5.75 Å². The number of rotatable bonds is 8. The van der Waals surface area contributed by atoms with E-state index in [1.165, 1.54) is 0 Å². The molecule has 2 amide bonds. The van der Waals surface area contributed by atoms with Gasteiger partial charge in [-0.2, -0.15) is 0 Å². The maximum Gasteiger partial charge on any atom is 0.317 e. The fourth-order valence-electron chi connectivity index (χ4n) is 2.97. The molecule has 0 bridgehead atoms. The van der Waals surface area contributed by atoms with Gasteiger partial charge in [0.1, 0.15) is 5.75 Å². The number of hydrogen-bond donors (Lipinski definition) is 1. The van der Waals surface area contributed by atoms with Crippen LogP contribution >= 0.6 is 0 Å². The maximum absolute atomic E-state index is 12.3. The number of urea groups is 1. The molecular formula is C21H26N4O2. The van der Waals surface area contributed by atoms with E-state index in [0.717, 1.165) is 35.3 Å². The molecule has 0 aliphatic carbocycles. The normalized spacial score (nSPS) is 10.7. The fraction of sp³-hybridized carbons (Fsp3) is 0.333. The highest BCUT2D eigenvalue weighted by atomic mass is 16.5. The average Bonchev–Trinajstić information content (AvgIpc) is 3.10. The number of imidazole rings is 1. The summed E-state index contributed by atoms with van der Waals surface area (Å²) in [6.45, 7) is 4.62. The minimum Gasteiger partial charge on any atom is -0.494 e. The number of aryl methyl sites for hydroxylation is 1. The van der Waals surface area contributed by atoms with Crippen LogP contribution < -0.4 is 10.1 Å². The smallest absolute Gasteiger partial charge is 0.317 e. The molecule has 6 heteroatoms. The molecular weight excluding hydrogens is 340 g/mol. The van der Waals surface area contributed by atoms with E-state index in [1.807, 2.05) is 55.7 Å². The van der Waals surface area contributed by atoms with Gasteiger partial charge >= 0.3 is 6.03 Å². The first-order valence-corrected chi connectivity index (χ1v) is 9.28. The van der Waals surface area contributed by atoms with Gasteiger partial charge in [0.15, 0.2) is 0 Å². The predicted molar refractivity (Wildman–Crippen MR) is 107 cm³/mol. The molecule has 0 spiro atoms. The summed E-state index contributed by atoms with van der Waals surface area (Å²) in [6, 6.07) is 15.8. The van der Waals surface area contributed by atoms with Crippen LogP contribution in [0.25, 0.3) is 11.0 Å². The molecule has 2 aromatic carbocycles. The van der Waals surface area contributed by atoms with Gasteiger partial charge in [0, 0.05) is 26.7 Å². The number of carbonyl (C=O) groups excluding carboxylic acids is 1. The number of fused-ring (bicyclic) bond motifs is 1. The van der Waals surface area contributed by atoms with E-state index >= 15 is 0 Å². The number of ether oxygens (including phenoxy) is 1. The molecule has 0 saturated carbocycles. The van der Waals surface area contributed by atoms with Crippen LogP contribution in [0.5, 0.6) is 5.75 Å². The summed E-state index contributed by atoms with van der Waals surface area (Å²) in [5.41, 5.74) is 3.19. The summed E-state index contributed by atoms with van der Waals surface area (Å²) in [6.07, 6.45) is 2.70. The second kappa shape index (κ2) is 9.07. The highest BCUT2D eigenvalue weighted by Gasteiger charge is 2.09. The first-order valence-electron chi connectivity index (χ1n) is 9.28. The Kier molecular flexibility index (Phi) is 6.30. The van der Waals surface area contributed by atoms with Crippen LogP contribution in [0.1, 0.15) is 18.9 Å². The maximum atomic E-state index is 12.3. The molecule has 0 saturated heterocycles. The van der Waals surface area contributed by atoms with Crippen LogP contribution in [0.2, 0.25) is 0 Å². The number of carbonyl (C=O) groups is 1. The number of aromatic nitrogens is 2. The molecule has 3 rings (SSSR count). The van der Waals surface area contributed by atoms with E-state index < -0.39 is 0 Å². The molecule has 27 heavy (non-hydrogen) atoms. The molecule has 1 heterocycles.